The van der Waals surface area contributed by atoms with Gasteiger partial charge in [-0.3, -0.25) is 0 Å². The molecule has 0 radical (unpaired) electrons. The first kappa shape index (κ1) is 3.54. The molecule has 0 aromatic heterocycles. The van der Waals surface area contributed by atoms with Crippen molar-refractivity contribution in [1.82, 2.24) is 0 Å². The van der Waals surface area contributed by atoms with Gasteiger partial charge in [-0.05, 0) is 0 Å². The van der Waals surface area contributed by atoms with Gasteiger partial charge in [0.15, 0.2) is 0 Å². The summed E-state index contributed by atoms with van der Waals surface area (Å²) in [6.45, 7) is 0. The maximum atomic E-state index is 12.8. The molecule has 0 unspecified atom stereocenters. The molecule has 0 aromatic rings. The van der Waals surface area contributed by atoms with E-state index in [1.54, 1.807) is 0 Å². The van der Waals surface area contributed by atoms with Crippen molar-refractivity contribution in [3.8, 4) is 0 Å². The molecule has 2 fully saturated rings. The van der Waals surface area contributed by atoms with E-state index in [1.165, 1.54) is 0 Å². The van der Waals surface area contributed by atoms with Gasteiger partial charge in [-0.1, -0.05) is 0 Å². The van der Waals surface area contributed by atoms with Gasteiger partial charge in [0.25, 0.3) is 0 Å². The van der Waals surface area contributed by atoms with Crippen LogP contribution in [0.4, 0.5) is 3.32 Å². The van der Waals surface area contributed by atoms with Crippen LogP contribution in [0, 0.1) is 0 Å². The first-order valence-corrected chi connectivity index (χ1v) is 7.32. The molecular weight excluding hydrogens is 170 g/mol. The summed E-state index contributed by atoms with van der Waals surface area (Å²) in [4.78, 5) is 0. The van der Waals surface area contributed by atoms with Crippen molar-refractivity contribution in [3.63, 3.8) is 0 Å². The summed E-state index contributed by atoms with van der Waals surface area (Å²) in [7, 11) is 0. The molecule has 2 aliphatic rings. The van der Waals surface area contributed by atoms with Crippen LogP contribution in [0.15, 0.2) is 0 Å². The molecule has 2 heterocycles. The van der Waals surface area contributed by atoms with Crippen LogP contribution in [0.25, 0.3) is 0 Å². The molecule has 2 saturated heterocycles. The molecule has 6 heavy (non-hydrogen) atoms. The second kappa shape index (κ2) is 0.544. The number of hydrogen-bond donors (Lipinski definition) is 0. The van der Waals surface area contributed by atoms with E-state index in [2.05, 4.69) is 0 Å². The molecule has 40 valence electrons. The third-order valence-corrected chi connectivity index (χ3v) is 9.04. The summed E-state index contributed by atoms with van der Waals surface area (Å²) in [6.07, 6.45) is 0. The van der Waals surface area contributed by atoms with Gasteiger partial charge < -0.3 is 0 Å². The van der Waals surface area contributed by atoms with Crippen molar-refractivity contribution < 1.29 is 17.4 Å². The molecule has 2 rings (SSSR count). The van der Waals surface area contributed by atoms with Crippen LogP contribution in [0.1, 0.15) is 0 Å². The molecular formula is C4H8FRh. The second-order valence-corrected chi connectivity index (χ2v) is 12.0. The van der Waals surface area contributed by atoms with Crippen molar-refractivity contribution in [1.29, 1.82) is 0 Å². The first-order chi connectivity index (χ1) is 2.71. The third kappa shape index (κ3) is 0.271. The fourth-order valence-electron chi connectivity index (χ4n) is 0.532. The fourth-order valence-corrected chi connectivity index (χ4v) is 8.94. The van der Waals surface area contributed by atoms with E-state index >= 15 is 0 Å². The molecule has 0 aromatic carbocycles. The molecule has 0 nitrogen and oxygen atoms in total. The summed E-state index contributed by atoms with van der Waals surface area (Å²) < 4.78 is 12.8. The summed E-state index contributed by atoms with van der Waals surface area (Å²) in [5.74, 6) is 0. The molecule has 2 heteroatoms. The van der Waals surface area contributed by atoms with E-state index in [4.69, 9.17) is 0 Å². The van der Waals surface area contributed by atoms with Crippen molar-refractivity contribution in [2.75, 3.05) is 0 Å². The molecule has 0 aliphatic carbocycles. The predicted octanol–water partition coefficient (Wildman–Crippen LogP) is 2.26. The van der Waals surface area contributed by atoms with Gasteiger partial charge >= 0.3 is 37.5 Å². The summed E-state index contributed by atoms with van der Waals surface area (Å²) in [5, 5.41) is 4.12. The summed E-state index contributed by atoms with van der Waals surface area (Å²) >= 11 is -2.40. The van der Waals surface area contributed by atoms with Crippen molar-refractivity contribution in [2.24, 2.45) is 0 Å². The van der Waals surface area contributed by atoms with Gasteiger partial charge in [0.05, 0.1) is 0 Å². The number of halogens is 1. The van der Waals surface area contributed by atoms with Crippen LogP contribution < -0.4 is 0 Å². The van der Waals surface area contributed by atoms with Crippen molar-refractivity contribution in [2.45, 2.75) is 20.1 Å². The Morgan fingerprint density at radius 2 is 1.33 bits per heavy atom. The van der Waals surface area contributed by atoms with E-state index < -0.39 is 14.1 Å². The Labute approximate surface area is 38.0 Å². The normalized spacial score (nSPS) is 49.8. The molecule has 0 saturated carbocycles. The van der Waals surface area contributed by atoms with E-state index in [0.717, 1.165) is 20.1 Å². The van der Waals surface area contributed by atoms with Crippen LogP contribution >= 0.6 is 0 Å². The Morgan fingerprint density at radius 3 is 1.33 bits per heavy atom. The Morgan fingerprint density at radius 1 is 1.00 bits per heavy atom. The molecule has 0 bridgehead atoms. The van der Waals surface area contributed by atoms with Crippen LogP contribution in [0.3, 0.4) is 0 Å². The van der Waals surface area contributed by atoms with Gasteiger partial charge in [0, 0.05) is 0 Å². The van der Waals surface area contributed by atoms with E-state index in [-0.39, 0.29) is 0 Å². The van der Waals surface area contributed by atoms with Crippen molar-refractivity contribution in [3.05, 3.63) is 0 Å². The van der Waals surface area contributed by atoms with Gasteiger partial charge in [-0.2, -0.15) is 0 Å². The Kier molecular flexibility index (Phi) is 0.321. The first-order valence-electron chi connectivity index (χ1n) is 2.07. The van der Waals surface area contributed by atoms with Gasteiger partial charge in [0.1, 0.15) is 0 Å². The maximum absolute atomic E-state index is 12.8. The topological polar surface area (TPSA) is 0 Å². The van der Waals surface area contributed by atoms with Crippen LogP contribution in [-0.4, -0.2) is 0 Å². The average molecular weight is 178 g/mol. The monoisotopic (exact) mass is 178 g/mol. The average Bonchev–Trinajstić information content (AvgIpc) is 2.28. The Bertz CT molecular complexity index is 82.6. The second-order valence-electron chi connectivity index (χ2n) is 2.02. The van der Waals surface area contributed by atoms with Crippen molar-refractivity contribution >= 4 is 0 Å². The quantitative estimate of drug-likeness (QED) is 0.499. The van der Waals surface area contributed by atoms with E-state index in [9.17, 15) is 3.32 Å². The zero-order valence-electron chi connectivity index (χ0n) is 3.54. The molecule has 2 aliphatic heterocycles. The van der Waals surface area contributed by atoms with Crippen LogP contribution in [-0.2, 0) is 14.1 Å². The predicted molar refractivity (Wildman–Crippen MR) is 20.3 cm³/mol. The molecule has 0 N–H and O–H groups in total. The third-order valence-electron chi connectivity index (χ3n) is 1.53. The summed E-state index contributed by atoms with van der Waals surface area (Å²) in [6, 6.07) is 0. The Balaban J connectivity index is 2.41. The zero-order chi connectivity index (χ0) is 4.28. The summed E-state index contributed by atoms with van der Waals surface area (Å²) in [5.41, 5.74) is 0. The standard InChI is InChI=1S/2C2H4.FH.Rh/c2*1-2;;/h2*1-2H2;1H;/q;;;+1/p-1. The SMILES string of the molecule is [F][Rh]12([CH2][CH2]1)[CH2][CH2]2. The molecule has 1 spiro atoms. The Hall–Kier alpha value is 0.553. The van der Waals surface area contributed by atoms with Gasteiger partial charge in [-0.15, -0.1) is 0 Å². The zero-order valence-corrected chi connectivity index (χ0v) is 5.18. The molecule has 0 amide bonds. The number of rotatable bonds is 0. The minimum atomic E-state index is -2.40. The van der Waals surface area contributed by atoms with Gasteiger partial charge in [-0.25, -0.2) is 0 Å². The minimum absolute atomic E-state index is 1.03. The number of hydrogen-bond acceptors (Lipinski definition) is 0. The van der Waals surface area contributed by atoms with Crippen LogP contribution in [0.5, 0.6) is 0 Å². The van der Waals surface area contributed by atoms with E-state index in [0.29, 0.717) is 0 Å². The molecule has 0 atom stereocenters. The van der Waals surface area contributed by atoms with Gasteiger partial charge in [0.2, 0.25) is 0 Å². The fraction of sp³-hybridized carbons (Fsp3) is 1.00. The van der Waals surface area contributed by atoms with E-state index in [1.807, 2.05) is 0 Å². The van der Waals surface area contributed by atoms with Crippen LogP contribution in [0.2, 0.25) is 20.1 Å².